The Kier molecular flexibility index (Phi) is 6.41. The van der Waals surface area contributed by atoms with E-state index >= 15 is 0 Å². The summed E-state index contributed by atoms with van der Waals surface area (Å²) in [6.45, 7) is 3.11. The monoisotopic (exact) mass is 289 g/mol. The van der Waals surface area contributed by atoms with Gasteiger partial charge in [-0.25, -0.2) is 0 Å². The van der Waals surface area contributed by atoms with Crippen molar-refractivity contribution in [2.24, 2.45) is 0 Å². The average molecular weight is 290 g/mol. The Balaban J connectivity index is 1.61. The van der Waals surface area contributed by atoms with E-state index in [1.807, 2.05) is 4.90 Å². The van der Waals surface area contributed by atoms with Crippen LogP contribution in [0.2, 0.25) is 0 Å². The van der Waals surface area contributed by atoms with Crippen molar-refractivity contribution >= 4 is 17.5 Å². The molecule has 4 nitrogen and oxygen atoms in total. The van der Waals surface area contributed by atoms with Crippen molar-refractivity contribution in [3.05, 3.63) is 0 Å². The first kappa shape index (κ1) is 15.1. The number of rotatable bonds is 6. The normalized spacial score (nSPS) is 24.9. The van der Waals surface area contributed by atoms with Crippen LogP contribution in [-0.4, -0.2) is 55.2 Å². The zero-order valence-corrected chi connectivity index (χ0v) is 12.2. The van der Waals surface area contributed by atoms with Gasteiger partial charge in [0, 0.05) is 32.0 Å². The summed E-state index contributed by atoms with van der Waals surface area (Å²) in [5, 5.41) is 0. The SMILES string of the molecule is O=C(CCC1CCCO1)N1CCC(OCCCl)CC1. The average Bonchev–Trinajstić information content (AvgIpc) is 2.96. The Morgan fingerprint density at radius 3 is 2.74 bits per heavy atom. The predicted molar refractivity (Wildman–Crippen MR) is 74.5 cm³/mol. The molecule has 19 heavy (non-hydrogen) atoms. The number of amides is 1. The van der Waals surface area contributed by atoms with Gasteiger partial charge in [-0.15, -0.1) is 11.6 Å². The van der Waals surface area contributed by atoms with Crippen LogP contribution in [0.1, 0.15) is 38.5 Å². The van der Waals surface area contributed by atoms with Crippen molar-refractivity contribution in [1.82, 2.24) is 4.90 Å². The highest BCUT2D eigenvalue weighted by atomic mass is 35.5. The fourth-order valence-electron chi connectivity index (χ4n) is 2.80. The van der Waals surface area contributed by atoms with Crippen molar-refractivity contribution in [3.8, 4) is 0 Å². The lowest BCUT2D eigenvalue weighted by atomic mass is 10.1. The zero-order valence-electron chi connectivity index (χ0n) is 11.5. The van der Waals surface area contributed by atoms with Gasteiger partial charge in [0.2, 0.25) is 5.91 Å². The fourth-order valence-corrected chi connectivity index (χ4v) is 2.89. The van der Waals surface area contributed by atoms with E-state index in [1.165, 1.54) is 0 Å². The molecule has 2 heterocycles. The van der Waals surface area contributed by atoms with Crippen LogP contribution < -0.4 is 0 Å². The van der Waals surface area contributed by atoms with Gasteiger partial charge in [0.05, 0.1) is 18.8 Å². The first-order chi connectivity index (χ1) is 9.29. The van der Waals surface area contributed by atoms with Crippen LogP contribution in [0, 0.1) is 0 Å². The molecule has 1 atom stereocenters. The maximum atomic E-state index is 12.1. The Morgan fingerprint density at radius 1 is 1.32 bits per heavy atom. The molecule has 0 saturated carbocycles. The van der Waals surface area contributed by atoms with Crippen molar-refractivity contribution in [2.45, 2.75) is 50.7 Å². The number of carbonyl (C=O) groups excluding carboxylic acids is 1. The lowest BCUT2D eigenvalue weighted by Crippen LogP contribution is -2.41. The van der Waals surface area contributed by atoms with Crippen molar-refractivity contribution in [3.63, 3.8) is 0 Å². The van der Waals surface area contributed by atoms with Gasteiger partial charge >= 0.3 is 0 Å². The number of hydrogen-bond donors (Lipinski definition) is 0. The summed E-state index contributed by atoms with van der Waals surface area (Å²) in [6, 6.07) is 0. The summed E-state index contributed by atoms with van der Waals surface area (Å²) in [7, 11) is 0. The molecule has 2 saturated heterocycles. The Morgan fingerprint density at radius 2 is 2.11 bits per heavy atom. The van der Waals surface area contributed by atoms with Gasteiger partial charge in [-0.05, 0) is 32.1 Å². The molecule has 0 aromatic heterocycles. The van der Waals surface area contributed by atoms with Crippen LogP contribution in [0.3, 0.4) is 0 Å². The molecule has 0 aliphatic carbocycles. The first-order valence-corrected chi connectivity index (χ1v) is 7.90. The lowest BCUT2D eigenvalue weighted by Gasteiger charge is -2.32. The number of likely N-dealkylation sites (tertiary alicyclic amines) is 1. The highest BCUT2D eigenvalue weighted by Crippen LogP contribution is 2.19. The second-order valence-electron chi connectivity index (χ2n) is 5.31. The third-order valence-electron chi connectivity index (χ3n) is 3.93. The molecular formula is C14H24ClNO3. The summed E-state index contributed by atoms with van der Waals surface area (Å²) in [5.41, 5.74) is 0. The summed E-state index contributed by atoms with van der Waals surface area (Å²) >= 11 is 5.60. The molecule has 0 bridgehead atoms. The van der Waals surface area contributed by atoms with Crippen molar-refractivity contribution < 1.29 is 14.3 Å². The predicted octanol–water partition coefficient (Wildman–Crippen LogP) is 2.19. The molecule has 5 heteroatoms. The maximum absolute atomic E-state index is 12.1. The van der Waals surface area contributed by atoms with Gasteiger partial charge < -0.3 is 14.4 Å². The van der Waals surface area contributed by atoms with Gasteiger partial charge in [0.1, 0.15) is 0 Å². The van der Waals surface area contributed by atoms with E-state index < -0.39 is 0 Å². The Labute approximate surface area is 120 Å². The molecule has 1 amide bonds. The lowest BCUT2D eigenvalue weighted by molar-refractivity contribution is -0.134. The third-order valence-corrected chi connectivity index (χ3v) is 4.08. The van der Waals surface area contributed by atoms with E-state index in [1.54, 1.807) is 0 Å². The molecule has 2 rings (SSSR count). The maximum Gasteiger partial charge on any atom is 0.222 e. The largest absolute Gasteiger partial charge is 0.378 e. The second kappa shape index (κ2) is 8.08. The van der Waals surface area contributed by atoms with E-state index in [0.717, 1.165) is 51.8 Å². The zero-order chi connectivity index (χ0) is 13.5. The summed E-state index contributed by atoms with van der Waals surface area (Å²) in [5.74, 6) is 0.812. The van der Waals surface area contributed by atoms with Crippen LogP contribution in [0.4, 0.5) is 0 Å². The highest BCUT2D eigenvalue weighted by molar-refractivity contribution is 6.17. The number of ether oxygens (including phenoxy) is 2. The van der Waals surface area contributed by atoms with E-state index in [0.29, 0.717) is 25.0 Å². The topological polar surface area (TPSA) is 38.8 Å². The Bertz CT molecular complexity index is 274. The third kappa shape index (κ3) is 4.93. The number of piperidine rings is 1. The van der Waals surface area contributed by atoms with Crippen LogP contribution >= 0.6 is 11.6 Å². The molecule has 1 unspecified atom stereocenters. The van der Waals surface area contributed by atoms with Crippen LogP contribution in [0.15, 0.2) is 0 Å². The van der Waals surface area contributed by atoms with Gasteiger partial charge in [-0.1, -0.05) is 0 Å². The van der Waals surface area contributed by atoms with E-state index in [-0.39, 0.29) is 12.0 Å². The molecule has 0 radical (unpaired) electrons. The molecule has 2 fully saturated rings. The van der Waals surface area contributed by atoms with Gasteiger partial charge in [0.25, 0.3) is 0 Å². The summed E-state index contributed by atoms with van der Waals surface area (Å²) in [4.78, 5) is 14.1. The molecule has 2 aliphatic heterocycles. The van der Waals surface area contributed by atoms with E-state index in [9.17, 15) is 4.79 Å². The molecule has 0 aromatic rings. The molecule has 110 valence electrons. The minimum absolute atomic E-state index is 0.270. The minimum atomic E-state index is 0.270. The second-order valence-corrected chi connectivity index (χ2v) is 5.69. The van der Waals surface area contributed by atoms with Crippen LogP contribution in [0.25, 0.3) is 0 Å². The van der Waals surface area contributed by atoms with Gasteiger partial charge in [-0.2, -0.15) is 0 Å². The number of halogens is 1. The summed E-state index contributed by atoms with van der Waals surface area (Å²) < 4.78 is 11.2. The molecule has 2 aliphatic rings. The van der Waals surface area contributed by atoms with Crippen LogP contribution in [-0.2, 0) is 14.3 Å². The van der Waals surface area contributed by atoms with Gasteiger partial charge in [0.15, 0.2) is 0 Å². The number of carbonyl (C=O) groups is 1. The summed E-state index contributed by atoms with van der Waals surface area (Å²) in [6.07, 6.45) is 6.21. The number of hydrogen-bond acceptors (Lipinski definition) is 3. The quantitative estimate of drug-likeness (QED) is 0.704. The molecule has 0 spiro atoms. The Hall–Kier alpha value is -0.320. The number of nitrogens with zero attached hydrogens (tertiary/aromatic N) is 1. The van der Waals surface area contributed by atoms with Crippen molar-refractivity contribution in [2.75, 3.05) is 32.2 Å². The first-order valence-electron chi connectivity index (χ1n) is 7.36. The van der Waals surface area contributed by atoms with E-state index in [4.69, 9.17) is 21.1 Å². The van der Waals surface area contributed by atoms with Gasteiger partial charge in [-0.3, -0.25) is 4.79 Å². The van der Waals surface area contributed by atoms with E-state index in [2.05, 4.69) is 0 Å². The number of alkyl halides is 1. The molecule has 0 aromatic carbocycles. The smallest absolute Gasteiger partial charge is 0.222 e. The highest BCUT2D eigenvalue weighted by Gasteiger charge is 2.24. The fraction of sp³-hybridized carbons (Fsp3) is 0.929. The molecule has 0 N–H and O–H groups in total. The standard InChI is InChI=1S/C14H24ClNO3/c15-7-11-19-13-5-8-16(9-6-13)14(17)4-3-12-2-1-10-18-12/h12-13H,1-11H2. The van der Waals surface area contributed by atoms with Crippen LogP contribution in [0.5, 0.6) is 0 Å². The van der Waals surface area contributed by atoms with Crippen molar-refractivity contribution in [1.29, 1.82) is 0 Å². The minimum Gasteiger partial charge on any atom is -0.378 e. The molecular weight excluding hydrogens is 266 g/mol.